The lowest BCUT2D eigenvalue weighted by atomic mass is 10.1. The Kier molecular flexibility index (Phi) is 4.28. The zero-order chi connectivity index (χ0) is 13.0. The van der Waals surface area contributed by atoms with Gasteiger partial charge in [0.2, 0.25) is 0 Å². The Morgan fingerprint density at radius 2 is 2.28 bits per heavy atom. The summed E-state index contributed by atoms with van der Waals surface area (Å²) in [6, 6.07) is 4.52. The van der Waals surface area contributed by atoms with E-state index in [4.69, 9.17) is 10.5 Å². The van der Waals surface area contributed by atoms with Crippen LogP contribution in [-0.2, 0) is 12.8 Å². The Balaban J connectivity index is 2.19. The van der Waals surface area contributed by atoms with Gasteiger partial charge in [-0.05, 0) is 24.7 Å². The van der Waals surface area contributed by atoms with E-state index < -0.39 is 0 Å². The fraction of sp³-hybridized carbons (Fsp3) is 0.308. The van der Waals surface area contributed by atoms with Crippen molar-refractivity contribution in [3.63, 3.8) is 0 Å². The van der Waals surface area contributed by atoms with Crippen molar-refractivity contribution in [2.75, 3.05) is 13.7 Å². The summed E-state index contributed by atoms with van der Waals surface area (Å²) in [4.78, 5) is 4.46. The minimum absolute atomic E-state index is 0.261. The summed E-state index contributed by atoms with van der Waals surface area (Å²) < 4.78 is 18.4. The maximum atomic E-state index is 13.2. The molecule has 0 radical (unpaired) electrons. The maximum Gasteiger partial charge on any atom is 0.123 e. The summed E-state index contributed by atoms with van der Waals surface area (Å²) in [5.74, 6) is 0.424. The quantitative estimate of drug-likeness (QED) is 0.904. The molecule has 96 valence electrons. The van der Waals surface area contributed by atoms with Crippen LogP contribution in [-0.4, -0.2) is 18.6 Å². The molecule has 2 rings (SSSR count). The van der Waals surface area contributed by atoms with Gasteiger partial charge in [0.1, 0.15) is 11.6 Å². The van der Waals surface area contributed by atoms with E-state index in [1.807, 2.05) is 5.38 Å². The molecule has 0 aliphatic heterocycles. The highest BCUT2D eigenvalue weighted by Crippen LogP contribution is 2.23. The molecule has 0 aliphatic rings. The molecule has 18 heavy (non-hydrogen) atoms. The van der Waals surface area contributed by atoms with Crippen LogP contribution >= 0.6 is 11.3 Å². The number of halogens is 1. The number of hydrogen-bond acceptors (Lipinski definition) is 4. The van der Waals surface area contributed by atoms with Gasteiger partial charge < -0.3 is 10.5 Å². The molecule has 5 heteroatoms. The van der Waals surface area contributed by atoms with E-state index in [1.54, 1.807) is 24.5 Å². The van der Waals surface area contributed by atoms with Gasteiger partial charge in [-0.1, -0.05) is 0 Å². The topological polar surface area (TPSA) is 48.1 Å². The number of aromatic nitrogens is 1. The number of benzene rings is 1. The van der Waals surface area contributed by atoms with Gasteiger partial charge >= 0.3 is 0 Å². The van der Waals surface area contributed by atoms with Crippen LogP contribution in [0.1, 0.15) is 16.3 Å². The smallest absolute Gasteiger partial charge is 0.123 e. The van der Waals surface area contributed by atoms with Crippen LogP contribution in [0.2, 0.25) is 0 Å². The first-order valence-electron chi connectivity index (χ1n) is 5.68. The van der Waals surface area contributed by atoms with Gasteiger partial charge in [-0.3, -0.25) is 0 Å². The predicted molar refractivity (Wildman–Crippen MR) is 70.6 cm³/mol. The molecule has 0 saturated carbocycles. The van der Waals surface area contributed by atoms with Crippen molar-refractivity contribution in [3.05, 3.63) is 45.7 Å². The van der Waals surface area contributed by atoms with Crippen LogP contribution in [0.25, 0.3) is 0 Å². The highest BCUT2D eigenvalue weighted by molar-refractivity contribution is 7.09. The first kappa shape index (κ1) is 13.0. The number of nitrogens with two attached hydrogens (primary N) is 1. The van der Waals surface area contributed by atoms with Crippen LogP contribution in [0.5, 0.6) is 5.75 Å². The monoisotopic (exact) mass is 266 g/mol. The second-order valence-corrected chi connectivity index (χ2v) is 4.85. The summed E-state index contributed by atoms with van der Waals surface area (Å²) in [7, 11) is 1.58. The Bertz CT molecular complexity index is 527. The van der Waals surface area contributed by atoms with Gasteiger partial charge in [-0.2, -0.15) is 0 Å². The molecule has 0 amide bonds. The summed E-state index contributed by atoms with van der Waals surface area (Å²) in [6.07, 6.45) is 1.35. The van der Waals surface area contributed by atoms with Crippen molar-refractivity contribution in [2.45, 2.75) is 12.8 Å². The molecule has 0 bridgehead atoms. The van der Waals surface area contributed by atoms with E-state index in [-0.39, 0.29) is 5.82 Å². The molecule has 1 heterocycles. The summed E-state index contributed by atoms with van der Waals surface area (Å²) >= 11 is 1.59. The fourth-order valence-electron chi connectivity index (χ4n) is 1.75. The van der Waals surface area contributed by atoms with Gasteiger partial charge in [0.05, 0.1) is 17.8 Å². The molecule has 0 spiro atoms. The molecule has 3 nitrogen and oxygen atoms in total. The lowest BCUT2D eigenvalue weighted by Crippen LogP contribution is -2.02. The third kappa shape index (κ3) is 3.05. The number of hydrogen-bond donors (Lipinski definition) is 1. The first-order valence-corrected chi connectivity index (χ1v) is 6.56. The molecule has 2 aromatic rings. The van der Waals surface area contributed by atoms with Crippen molar-refractivity contribution < 1.29 is 9.13 Å². The number of methoxy groups -OCH3 is 1. The zero-order valence-electron chi connectivity index (χ0n) is 10.1. The van der Waals surface area contributed by atoms with E-state index in [0.717, 1.165) is 22.7 Å². The second kappa shape index (κ2) is 5.93. The normalized spacial score (nSPS) is 10.6. The summed E-state index contributed by atoms with van der Waals surface area (Å²) in [5, 5.41) is 3.00. The summed E-state index contributed by atoms with van der Waals surface area (Å²) in [6.45, 7) is 0.593. The van der Waals surface area contributed by atoms with Crippen molar-refractivity contribution in [3.8, 4) is 5.75 Å². The van der Waals surface area contributed by atoms with E-state index in [1.165, 1.54) is 12.1 Å². The van der Waals surface area contributed by atoms with Gasteiger partial charge in [-0.15, -0.1) is 11.3 Å². The fourth-order valence-corrected chi connectivity index (χ4v) is 2.56. The molecular weight excluding hydrogens is 251 g/mol. The molecule has 2 N–H and O–H groups in total. The minimum atomic E-state index is -0.261. The summed E-state index contributed by atoms with van der Waals surface area (Å²) in [5.41, 5.74) is 7.22. The lowest BCUT2D eigenvalue weighted by Gasteiger charge is -2.06. The molecule has 0 atom stereocenters. The first-order chi connectivity index (χ1) is 8.72. The van der Waals surface area contributed by atoms with Crippen LogP contribution in [0.15, 0.2) is 23.6 Å². The Labute approximate surface area is 109 Å². The largest absolute Gasteiger partial charge is 0.496 e. The van der Waals surface area contributed by atoms with Crippen molar-refractivity contribution in [1.82, 2.24) is 4.98 Å². The van der Waals surface area contributed by atoms with Crippen molar-refractivity contribution in [2.24, 2.45) is 5.73 Å². The van der Waals surface area contributed by atoms with Crippen LogP contribution in [0, 0.1) is 5.82 Å². The molecule has 1 aromatic carbocycles. The zero-order valence-corrected chi connectivity index (χ0v) is 11.0. The minimum Gasteiger partial charge on any atom is -0.496 e. The van der Waals surface area contributed by atoms with E-state index in [9.17, 15) is 4.39 Å². The highest BCUT2D eigenvalue weighted by Gasteiger charge is 2.08. The predicted octanol–water partition coefficient (Wildman–Crippen LogP) is 2.38. The van der Waals surface area contributed by atoms with E-state index in [0.29, 0.717) is 18.7 Å². The number of rotatable bonds is 5. The van der Waals surface area contributed by atoms with E-state index >= 15 is 0 Å². The van der Waals surface area contributed by atoms with Crippen molar-refractivity contribution in [1.29, 1.82) is 0 Å². The van der Waals surface area contributed by atoms with Crippen molar-refractivity contribution >= 4 is 11.3 Å². The number of ether oxygens (including phenoxy) is 1. The van der Waals surface area contributed by atoms with Crippen LogP contribution < -0.4 is 10.5 Å². The average Bonchev–Trinajstić information content (AvgIpc) is 2.77. The van der Waals surface area contributed by atoms with Gasteiger partial charge in [0.25, 0.3) is 0 Å². The molecule has 0 fully saturated rings. The van der Waals surface area contributed by atoms with Crippen LogP contribution in [0.4, 0.5) is 4.39 Å². The maximum absolute atomic E-state index is 13.2. The molecule has 0 aliphatic carbocycles. The SMILES string of the molecule is COc1ccc(F)cc1Cc1csc(CCN)n1. The number of nitrogens with zero attached hydrogens (tertiary/aromatic N) is 1. The van der Waals surface area contributed by atoms with Crippen LogP contribution in [0.3, 0.4) is 0 Å². The molecular formula is C13H15FN2OS. The highest BCUT2D eigenvalue weighted by atomic mass is 32.1. The van der Waals surface area contributed by atoms with Gasteiger partial charge in [-0.25, -0.2) is 9.37 Å². The molecule has 1 aromatic heterocycles. The Morgan fingerprint density at radius 3 is 3.00 bits per heavy atom. The third-order valence-corrected chi connectivity index (χ3v) is 3.53. The lowest BCUT2D eigenvalue weighted by molar-refractivity contribution is 0.409. The van der Waals surface area contributed by atoms with Gasteiger partial charge in [0, 0.05) is 23.8 Å². The molecule has 0 saturated heterocycles. The number of thiazole rings is 1. The Hall–Kier alpha value is -1.46. The Morgan fingerprint density at radius 1 is 1.44 bits per heavy atom. The van der Waals surface area contributed by atoms with E-state index in [2.05, 4.69) is 4.98 Å². The second-order valence-electron chi connectivity index (χ2n) is 3.90. The molecule has 0 unspecified atom stereocenters. The third-order valence-electron chi connectivity index (χ3n) is 2.57. The standard InChI is InChI=1S/C13H15FN2OS/c1-17-12-3-2-10(14)6-9(12)7-11-8-18-13(16-11)4-5-15/h2-3,6,8H,4-5,7,15H2,1H3. The van der Waals surface area contributed by atoms with Gasteiger partial charge in [0.15, 0.2) is 0 Å². The average molecular weight is 266 g/mol.